The maximum atomic E-state index is 4.35. The van der Waals surface area contributed by atoms with Crippen molar-refractivity contribution in [1.29, 1.82) is 0 Å². The quantitative estimate of drug-likeness (QED) is 0.824. The van der Waals surface area contributed by atoms with Gasteiger partial charge in [0.15, 0.2) is 0 Å². The third-order valence-electron chi connectivity index (χ3n) is 2.46. The third-order valence-corrected chi connectivity index (χ3v) is 2.46. The van der Waals surface area contributed by atoms with E-state index in [2.05, 4.69) is 34.1 Å². The molecule has 2 heterocycles. The molecule has 4 nitrogen and oxygen atoms in total. The number of imidazole rings is 1. The highest BCUT2D eigenvalue weighted by molar-refractivity contribution is 5.11. The third kappa shape index (κ3) is 3.67. The standard InChI is InChI=1S/C13H18N4/c1-10(2)15-8-12-9-16-13(17-12)7-11-5-3-4-6-14-11/h3-6,9-10,15H,7-8H2,1-2H3,(H,16,17). The van der Waals surface area contributed by atoms with Crippen molar-refractivity contribution in [2.75, 3.05) is 0 Å². The lowest BCUT2D eigenvalue weighted by atomic mass is 10.2. The van der Waals surface area contributed by atoms with Crippen molar-refractivity contribution in [3.05, 3.63) is 47.8 Å². The van der Waals surface area contributed by atoms with Crippen molar-refractivity contribution >= 4 is 0 Å². The van der Waals surface area contributed by atoms with E-state index >= 15 is 0 Å². The summed E-state index contributed by atoms with van der Waals surface area (Å²) < 4.78 is 0. The number of hydrogen-bond acceptors (Lipinski definition) is 3. The Balaban J connectivity index is 1.94. The molecule has 0 saturated heterocycles. The number of nitrogens with zero attached hydrogens (tertiary/aromatic N) is 2. The van der Waals surface area contributed by atoms with Crippen molar-refractivity contribution in [2.45, 2.75) is 32.9 Å². The fourth-order valence-electron chi connectivity index (χ4n) is 1.57. The summed E-state index contributed by atoms with van der Waals surface area (Å²) in [6, 6.07) is 6.41. The Morgan fingerprint density at radius 3 is 2.88 bits per heavy atom. The number of aromatic nitrogens is 3. The van der Waals surface area contributed by atoms with E-state index in [4.69, 9.17) is 0 Å². The van der Waals surface area contributed by atoms with E-state index in [1.807, 2.05) is 24.4 Å². The van der Waals surface area contributed by atoms with Crippen LogP contribution in [0, 0.1) is 0 Å². The van der Waals surface area contributed by atoms with E-state index in [9.17, 15) is 0 Å². The van der Waals surface area contributed by atoms with Gasteiger partial charge in [0.1, 0.15) is 5.82 Å². The van der Waals surface area contributed by atoms with Crippen molar-refractivity contribution in [1.82, 2.24) is 20.3 Å². The molecule has 0 aliphatic carbocycles. The highest BCUT2D eigenvalue weighted by atomic mass is 15.0. The van der Waals surface area contributed by atoms with Crippen LogP contribution in [-0.2, 0) is 13.0 Å². The molecule has 2 aromatic heterocycles. The molecule has 0 aliphatic heterocycles. The first-order chi connectivity index (χ1) is 8.24. The van der Waals surface area contributed by atoms with Gasteiger partial charge in [0.25, 0.3) is 0 Å². The minimum Gasteiger partial charge on any atom is -0.344 e. The molecule has 0 unspecified atom stereocenters. The fraction of sp³-hybridized carbons (Fsp3) is 0.385. The Bertz CT molecular complexity index is 447. The van der Waals surface area contributed by atoms with E-state index in [1.54, 1.807) is 6.20 Å². The van der Waals surface area contributed by atoms with Gasteiger partial charge in [-0.15, -0.1) is 0 Å². The first-order valence-electron chi connectivity index (χ1n) is 5.90. The van der Waals surface area contributed by atoms with Gasteiger partial charge in [-0.25, -0.2) is 4.98 Å². The molecule has 0 saturated carbocycles. The summed E-state index contributed by atoms with van der Waals surface area (Å²) in [6.07, 6.45) is 4.44. The average Bonchev–Trinajstić information content (AvgIpc) is 2.75. The number of H-pyrrole nitrogens is 1. The molecule has 0 atom stereocenters. The smallest absolute Gasteiger partial charge is 0.112 e. The van der Waals surface area contributed by atoms with Gasteiger partial charge >= 0.3 is 0 Å². The lowest BCUT2D eigenvalue weighted by Crippen LogP contribution is -2.21. The van der Waals surface area contributed by atoms with Crippen LogP contribution in [0.2, 0.25) is 0 Å². The van der Waals surface area contributed by atoms with Gasteiger partial charge in [-0.3, -0.25) is 4.98 Å². The molecule has 90 valence electrons. The van der Waals surface area contributed by atoms with Gasteiger partial charge in [0.05, 0.1) is 0 Å². The van der Waals surface area contributed by atoms with Crippen molar-refractivity contribution in [3.8, 4) is 0 Å². The Kier molecular flexibility index (Phi) is 3.88. The van der Waals surface area contributed by atoms with Gasteiger partial charge in [-0.05, 0) is 12.1 Å². The predicted molar refractivity (Wildman–Crippen MR) is 67.6 cm³/mol. The molecule has 4 heteroatoms. The van der Waals surface area contributed by atoms with Crippen LogP contribution in [-0.4, -0.2) is 21.0 Å². The maximum Gasteiger partial charge on any atom is 0.112 e. The first kappa shape index (κ1) is 11.8. The molecule has 0 amide bonds. The maximum absolute atomic E-state index is 4.35. The molecule has 2 rings (SSSR count). The molecule has 0 spiro atoms. The lowest BCUT2D eigenvalue weighted by molar-refractivity contribution is 0.582. The molecule has 0 radical (unpaired) electrons. The van der Waals surface area contributed by atoms with E-state index < -0.39 is 0 Å². The normalized spacial score (nSPS) is 11.0. The van der Waals surface area contributed by atoms with Crippen LogP contribution in [0.15, 0.2) is 30.6 Å². The Hall–Kier alpha value is -1.68. The van der Waals surface area contributed by atoms with Crippen molar-refractivity contribution in [3.63, 3.8) is 0 Å². The summed E-state index contributed by atoms with van der Waals surface area (Å²) in [5, 5.41) is 3.35. The predicted octanol–water partition coefficient (Wildman–Crippen LogP) is 1.89. The Morgan fingerprint density at radius 2 is 2.18 bits per heavy atom. The van der Waals surface area contributed by atoms with Gasteiger partial charge in [0, 0.05) is 42.8 Å². The summed E-state index contributed by atoms with van der Waals surface area (Å²) in [6.45, 7) is 5.09. The van der Waals surface area contributed by atoms with E-state index in [0.29, 0.717) is 6.04 Å². The zero-order valence-corrected chi connectivity index (χ0v) is 10.3. The molecule has 2 N–H and O–H groups in total. The summed E-state index contributed by atoms with van der Waals surface area (Å²) >= 11 is 0. The SMILES string of the molecule is CC(C)NCc1cnc(Cc2ccccn2)[nH]1. The lowest BCUT2D eigenvalue weighted by Gasteiger charge is -2.05. The zero-order valence-electron chi connectivity index (χ0n) is 10.3. The van der Waals surface area contributed by atoms with Crippen LogP contribution in [0.1, 0.15) is 31.1 Å². The van der Waals surface area contributed by atoms with Crippen molar-refractivity contribution in [2.24, 2.45) is 0 Å². The number of rotatable bonds is 5. The molecule has 0 bridgehead atoms. The van der Waals surface area contributed by atoms with E-state index in [0.717, 1.165) is 30.2 Å². The van der Waals surface area contributed by atoms with Gasteiger partial charge in [-0.2, -0.15) is 0 Å². The number of aromatic amines is 1. The fourth-order valence-corrected chi connectivity index (χ4v) is 1.57. The summed E-state index contributed by atoms with van der Waals surface area (Å²) in [7, 11) is 0. The van der Waals surface area contributed by atoms with Crippen LogP contribution >= 0.6 is 0 Å². The summed E-state index contributed by atoms with van der Waals surface area (Å²) in [5.74, 6) is 0.962. The minimum absolute atomic E-state index is 0.484. The van der Waals surface area contributed by atoms with Gasteiger partial charge in [0.2, 0.25) is 0 Å². The van der Waals surface area contributed by atoms with Crippen LogP contribution < -0.4 is 5.32 Å². The molecule has 0 fully saturated rings. The number of pyridine rings is 1. The van der Waals surface area contributed by atoms with Crippen LogP contribution in [0.25, 0.3) is 0 Å². The molecule has 0 aromatic carbocycles. The Labute approximate surface area is 102 Å². The summed E-state index contributed by atoms with van der Waals surface area (Å²) in [4.78, 5) is 11.9. The van der Waals surface area contributed by atoms with E-state index in [-0.39, 0.29) is 0 Å². The highest BCUT2D eigenvalue weighted by Gasteiger charge is 2.03. The minimum atomic E-state index is 0.484. The van der Waals surface area contributed by atoms with Crippen LogP contribution in [0.4, 0.5) is 0 Å². The van der Waals surface area contributed by atoms with Crippen LogP contribution in [0.3, 0.4) is 0 Å². The second-order valence-corrected chi connectivity index (χ2v) is 4.39. The average molecular weight is 230 g/mol. The molecular weight excluding hydrogens is 212 g/mol. The molecule has 2 aromatic rings. The number of nitrogens with one attached hydrogen (secondary N) is 2. The largest absolute Gasteiger partial charge is 0.344 e. The monoisotopic (exact) mass is 230 g/mol. The second kappa shape index (κ2) is 5.59. The molecular formula is C13H18N4. The highest BCUT2D eigenvalue weighted by Crippen LogP contribution is 2.04. The topological polar surface area (TPSA) is 53.6 Å². The van der Waals surface area contributed by atoms with Crippen LogP contribution in [0.5, 0.6) is 0 Å². The van der Waals surface area contributed by atoms with Gasteiger partial charge < -0.3 is 10.3 Å². The number of hydrogen-bond donors (Lipinski definition) is 2. The summed E-state index contributed by atoms with van der Waals surface area (Å²) in [5.41, 5.74) is 2.15. The van der Waals surface area contributed by atoms with Crippen molar-refractivity contribution < 1.29 is 0 Å². The zero-order chi connectivity index (χ0) is 12.1. The second-order valence-electron chi connectivity index (χ2n) is 4.39. The molecule has 17 heavy (non-hydrogen) atoms. The first-order valence-corrected chi connectivity index (χ1v) is 5.90. The Morgan fingerprint density at radius 1 is 1.29 bits per heavy atom. The molecule has 0 aliphatic rings. The van der Waals surface area contributed by atoms with E-state index in [1.165, 1.54) is 0 Å². The van der Waals surface area contributed by atoms with Gasteiger partial charge in [-0.1, -0.05) is 19.9 Å².